The Kier molecular flexibility index (Phi) is 4.87. The summed E-state index contributed by atoms with van der Waals surface area (Å²) in [4.78, 5) is 4.04. The second kappa shape index (κ2) is 6.65. The summed E-state index contributed by atoms with van der Waals surface area (Å²) in [5.41, 5.74) is 1.72. The molecule has 118 valence electrons. The number of benzene rings is 1. The Balaban J connectivity index is 2.29. The highest BCUT2D eigenvalue weighted by molar-refractivity contribution is 5.65. The fourth-order valence-electron chi connectivity index (χ4n) is 1.84. The highest BCUT2D eigenvalue weighted by atomic mass is 19.4. The maximum atomic E-state index is 12.2. The topological polar surface area (TPSA) is 51.6 Å². The van der Waals surface area contributed by atoms with Crippen LogP contribution in [0.15, 0.2) is 36.5 Å². The molecule has 0 saturated heterocycles. The Bertz CT molecular complexity index is 627. The van der Waals surface area contributed by atoms with Gasteiger partial charge in [0.25, 0.3) is 0 Å². The maximum Gasteiger partial charge on any atom is 0.422 e. The molecular formula is C15H14F3NO3. The van der Waals surface area contributed by atoms with Crippen LogP contribution >= 0.6 is 0 Å². The van der Waals surface area contributed by atoms with Crippen molar-refractivity contribution in [3.05, 3.63) is 42.1 Å². The van der Waals surface area contributed by atoms with Crippen molar-refractivity contribution in [2.45, 2.75) is 12.8 Å². The first kappa shape index (κ1) is 16.1. The molecule has 2 aromatic rings. The van der Waals surface area contributed by atoms with E-state index < -0.39 is 12.8 Å². The van der Waals surface area contributed by atoms with Crippen LogP contribution in [0.3, 0.4) is 0 Å². The first-order valence-electron chi connectivity index (χ1n) is 6.36. The predicted molar refractivity (Wildman–Crippen MR) is 73.7 cm³/mol. The summed E-state index contributed by atoms with van der Waals surface area (Å²) in [5.74, 6) is 0.463. The highest BCUT2D eigenvalue weighted by Gasteiger charge is 2.28. The van der Waals surface area contributed by atoms with E-state index in [-0.39, 0.29) is 12.4 Å². The molecule has 1 N–H and O–H groups in total. The molecule has 4 nitrogen and oxygen atoms in total. The third-order valence-electron chi connectivity index (χ3n) is 2.83. The van der Waals surface area contributed by atoms with Gasteiger partial charge in [0.1, 0.15) is 5.75 Å². The van der Waals surface area contributed by atoms with Crippen LogP contribution in [0.5, 0.6) is 11.6 Å². The van der Waals surface area contributed by atoms with Gasteiger partial charge >= 0.3 is 6.18 Å². The molecule has 0 bridgehead atoms. The van der Waals surface area contributed by atoms with Crippen molar-refractivity contribution >= 4 is 0 Å². The minimum absolute atomic E-state index is 0.0368. The van der Waals surface area contributed by atoms with Crippen molar-refractivity contribution in [3.8, 4) is 22.8 Å². The fraction of sp³-hybridized carbons (Fsp3) is 0.267. The molecular weight excluding hydrogens is 299 g/mol. The van der Waals surface area contributed by atoms with Crippen LogP contribution in [0.4, 0.5) is 13.2 Å². The van der Waals surface area contributed by atoms with Crippen molar-refractivity contribution in [3.63, 3.8) is 0 Å². The number of alkyl halides is 3. The number of aliphatic hydroxyl groups is 1. The molecule has 0 aliphatic heterocycles. The number of hydrogen-bond donors (Lipinski definition) is 1. The van der Waals surface area contributed by atoms with E-state index in [2.05, 4.69) is 4.98 Å². The average molecular weight is 313 g/mol. The Morgan fingerprint density at radius 3 is 2.45 bits per heavy atom. The van der Waals surface area contributed by atoms with E-state index in [1.807, 2.05) is 0 Å². The first-order valence-corrected chi connectivity index (χ1v) is 6.36. The lowest BCUT2D eigenvalue weighted by atomic mass is 10.0. The summed E-state index contributed by atoms with van der Waals surface area (Å²) in [6.45, 7) is -1.69. The lowest BCUT2D eigenvalue weighted by Crippen LogP contribution is -2.19. The minimum Gasteiger partial charge on any atom is -0.484 e. The molecule has 0 saturated carbocycles. The Hall–Kier alpha value is -2.28. The number of methoxy groups -OCH3 is 1. The molecule has 0 aliphatic carbocycles. The van der Waals surface area contributed by atoms with Crippen molar-refractivity contribution in [2.75, 3.05) is 13.7 Å². The largest absolute Gasteiger partial charge is 0.484 e. The third kappa shape index (κ3) is 4.36. The van der Waals surface area contributed by atoms with E-state index in [9.17, 15) is 18.3 Å². The molecule has 7 heteroatoms. The quantitative estimate of drug-likeness (QED) is 0.921. The van der Waals surface area contributed by atoms with Crippen LogP contribution in [0.1, 0.15) is 5.56 Å². The van der Waals surface area contributed by atoms with Crippen LogP contribution in [0, 0.1) is 0 Å². The third-order valence-corrected chi connectivity index (χ3v) is 2.83. The molecule has 22 heavy (non-hydrogen) atoms. The monoisotopic (exact) mass is 313 g/mol. The van der Waals surface area contributed by atoms with E-state index >= 15 is 0 Å². The fourth-order valence-corrected chi connectivity index (χ4v) is 1.84. The molecule has 1 heterocycles. The van der Waals surface area contributed by atoms with Gasteiger partial charge in [0, 0.05) is 17.8 Å². The summed E-state index contributed by atoms with van der Waals surface area (Å²) in [7, 11) is 1.48. The number of rotatable bonds is 5. The van der Waals surface area contributed by atoms with Crippen LogP contribution in [0.25, 0.3) is 11.1 Å². The lowest BCUT2D eigenvalue weighted by molar-refractivity contribution is -0.153. The highest BCUT2D eigenvalue weighted by Crippen LogP contribution is 2.28. The van der Waals surface area contributed by atoms with E-state index in [4.69, 9.17) is 9.47 Å². The first-order chi connectivity index (χ1) is 10.4. The summed E-state index contributed by atoms with van der Waals surface area (Å²) >= 11 is 0. The number of pyridine rings is 1. The van der Waals surface area contributed by atoms with Crippen LogP contribution in [-0.2, 0) is 6.61 Å². The van der Waals surface area contributed by atoms with Gasteiger partial charge in [-0.3, -0.25) is 0 Å². The van der Waals surface area contributed by atoms with Gasteiger partial charge in [0.05, 0.1) is 13.7 Å². The minimum atomic E-state index is -4.42. The number of aromatic nitrogens is 1. The molecule has 1 aromatic heterocycles. The number of aliphatic hydroxyl groups excluding tert-OH is 1. The van der Waals surface area contributed by atoms with Gasteiger partial charge in [0.15, 0.2) is 6.61 Å². The summed E-state index contributed by atoms with van der Waals surface area (Å²) in [6.07, 6.45) is -2.89. The van der Waals surface area contributed by atoms with Crippen molar-refractivity contribution in [2.24, 2.45) is 0 Å². The standard InChI is InChI=1S/C15H14F3NO3/c1-21-14-3-2-11(7-19-14)12-4-10(8-20)5-13(6-12)22-9-15(16,17)18/h2-7,20H,8-9H2,1H3. The van der Waals surface area contributed by atoms with E-state index in [0.29, 0.717) is 22.6 Å². The van der Waals surface area contributed by atoms with Crippen LogP contribution < -0.4 is 9.47 Å². The second-order valence-corrected chi connectivity index (χ2v) is 4.52. The molecule has 0 atom stereocenters. The Labute approximate surface area is 125 Å². The van der Waals surface area contributed by atoms with Gasteiger partial charge in [-0.2, -0.15) is 13.2 Å². The molecule has 0 spiro atoms. The molecule has 0 fully saturated rings. The summed E-state index contributed by atoms with van der Waals surface area (Å²) in [6, 6.07) is 7.84. The van der Waals surface area contributed by atoms with E-state index in [0.717, 1.165) is 0 Å². The molecule has 2 rings (SSSR count). The zero-order valence-corrected chi connectivity index (χ0v) is 11.7. The Morgan fingerprint density at radius 1 is 1.14 bits per heavy atom. The average Bonchev–Trinajstić information content (AvgIpc) is 2.52. The van der Waals surface area contributed by atoms with Gasteiger partial charge in [-0.25, -0.2) is 4.98 Å². The lowest BCUT2D eigenvalue weighted by Gasteiger charge is -2.12. The zero-order chi connectivity index (χ0) is 16.2. The number of ether oxygens (including phenoxy) is 2. The summed E-state index contributed by atoms with van der Waals surface area (Å²) in [5, 5.41) is 9.23. The molecule has 0 unspecified atom stereocenters. The van der Waals surface area contributed by atoms with Crippen molar-refractivity contribution in [1.29, 1.82) is 0 Å². The van der Waals surface area contributed by atoms with Gasteiger partial charge in [-0.05, 0) is 35.4 Å². The molecule has 0 aliphatic rings. The normalized spacial score (nSPS) is 11.3. The second-order valence-electron chi connectivity index (χ2n) is 4.52. The van der Waals surface area contributed by atoms with E-state index in [1.165, 1.54) is 25.4 Å². The maximum absolute atomic E-state index is 12.2. The SMILES string of the molecule is COc1ccc(-c2cc(CO)cc(OCC(F)(F)F)c2)cn1. The molecule has 1 aromatic carbocycles. The summed E-state index contributed by atoms with van der Waals surface area (Å²) < 4.78 is 46.4. The number of nitrogens with zero attached hydrogens (tertiary/aromatic N) is 1. The zero-order valence-electron chi connectivity index (χ0n) is 11.7. The smallest absolute Gasteiger partial charge is 0.422 e. The van der Waals surface area contributed by atoms with Crippen molar-refractivity contribution < 1.29 is 27.8 Å². The Morgan fingerprint density at radius 2 is 1.91 bits per heavy atom. The predicted octanol–water partition coefficient (Wildman–Crippen LogP) is 3.19. The van der Waals surface area contributed by atoms with Crippen molar-refractivity contribution in [1.82, 2.24) is 4.98 Å². The molecule has 0 radical (unpaired) electrons. The number of hydrogen-bond acceptors (Lipinski definition) is 4. The van der Waals surface area contributed by atoms with Crippen LogP contribution in [-0.4, -0.2) is 30.0 Å². The van der Waals surface area contributed by atoms with Gasteiger partial charge in [-0.15, -0.1) is 0 Å². The van der Waals surface area contributed by atoms with Crippen LogP contribution in [0.2, 0.25) is 0 Å². The van der Waals surface area contributed by atoms with Gasteiger partial charge in [0.2, 0.25) is 5.88 Å². The molecule has 0 amide bonds. The number of halogens is 3. The van der Waals surface area contributed by atoms with Gasteiger partial charge < -0.3 is 14.6 Å². The van der Waals surface area contributed by atoms with Gasteiger partial charge in [-0.1, -0.05) is 0 Å². The van der Waals surface area contributed by atoms with E-state index in [1.54, 1.807) is 18.2 Å².